The van der Waals surface area contributed by atoms with Crippen molar-refractivity contribution in [3.8, 4) is 5.30 Å². The van der Waals surface area contributed by atoms with Crippen molar-refractivity contribution in [1.29, 1.82) is 0 Å². The summed E-state index contributed by atoms with van der Waals surface area (Å²) in [5.74, 6) is 6.22. The molecule has 136 valence electrons. The van der Waals surface area contributed by atoms with Gasteiger partial charge in [-0.1, -0.05) is 68.1 Å². The summed E-state index contributed by atoms with van der Waals surface area (Å²) in [6, 6.07) is 4.58. The van der Waals surface area contributed by atoms with Gasteiger partial charge in [-0.2, -0.15) is 0 Å². The number of rotatable bonds is 6. The van der Waals surface area contributed by atoms with Gasteiger partial charge in [-0.05, 0) is 58.5 Å². The van der Waals surface area contributed by atoms with E-state index in [0.717, 1.165) is 5.56 Å². The van der Waals surface area contributed by atoms with Crippen LogP contribution >= 0.6 is 7.53 Å². The van der Waals surface area contributed by atoms with Crippen molar-refractivity contribution in [3.63, 3.8) is 0 Å². The zero-order valence-electron chi connectivity index (χ0n) is 17.1. The summed E-state index contributed by atoms with van der Waals surface area (Å²) in [5, 5.41) is 1.44. The highest BCUT2D eigenvalue weighted by Crippen LogP contribution is 2.51. The lowest BCUT2D eigenvalue weighted by Crippen LogP contribution is -2.13. The van der Waals surface area contributed by atoms with Crippen LogP contribution in [0.15, 0.2) is 23.7 Å². The molecule has 0 saturated heterocycles. The smallest absolute Gasteiger partial charge is 0.163 e. The van der Waals surface area contributed by atoms with E-state index in [4.69, 9.17) is 0 Å². The lowest BCUT2D eigenvalue weighted by Gasteiger charge is -2.27. The van der Waals surface area contributed by atoms with Gasteiger partial charge in [0.15, 0.2) is 5.78 Å². The Hall–Kier alpha value is -1.33. The van der Waals surface area contributed by atoms with Crippen molar-refractivity contribution >= 4 is 13.3 Å². The Bertz CT molecular complexity index is 763. The van der Waals surface area contributed by atoms with E-state index in [2.05, 4.69) is 72.2 Å². The van der Waals surface area contributed by atoms with Crippen LogP contribution in [0.1, 0.15) is 105 Å². The summed E-state index contributed by atoms with van der Waals surface area (Å²) >= 11 is 0. The first-order valence-electron chi connectivity index (χ1n) is 9.57. The summed E-state index contributed by atoms with van der Waals surface area (Å²) in [6.45, 7) is 17.6. The molecule has 2 aromatic rings. The first kappa shape index (κ1) is 20.0. The molecule has 0 radical (unpaired) electrons. The predicted molar refractivity (Wildman–Crippen MR) is 112 cm³/mol. The van der Waals surface area contributed by atoms with Crippen LogP contribution in [0.25, 0.3) is 5.30 Å². The van der Waals surface area contributed by atoms with E-state index in [1.165, 1.54) is 27.6 Å². The summed E-state index contributed by atoms with van der Waals surface area (Å²) in [5.41, 5.74) is 6.33. The van der Waals surface area contributed by atoms with Crippen molar-refractivity contribution in [3.05, 3.63) is 51.5 Å². The number of carbonyl (C=O) groups excluding carboxylic acids is 1. The molecule has 2 rings (SSSR count). The Morgan fingerprint density at radius 1 is 1.00 bits per heavy atom. The Morgan fingerprint density at radius 2 is 1.60 bits per heavy atom. The molecular weight excluding hydrogens is 323 g/mol. The number of Topliss-reactive ketones (excluding diaryl/α,β-unsaturated/α-hetero) is 1. The zero-order valence-corrected chi connectivity index (χ0v) is 18.0. The number of aryl methyl sites for hydroxylation is 1. The molecule has 0 aliphatic carbocycles. The Balaban J connectivity index is 2.99. The highest BCUT2D eigenvalue weighted by molar-refractivity contribution is 7.56. The summed E-state index contributed by atoms with van der Waals surface area (Å²) in [6.07, 6.45) is 0.572. The number of ketones is 1. The quantitative estimate of drug-likeness (QED) is 0.480. The van der Waals surface area contributed by atoms with Gasteiger partial charge >= 0.3 is 0 Å². The standard InChI is InChI=1S/C23H33OP/c1-9-20(24)22-18(14(2)3)12-19(15(4)5)23(21(22)16(6)7)25-11-10-17(8)13-25/h10-16H,9H2,1-8H3. The van der Waals surface area contributed by atoms with Crippen molar-refractivity contribution in [2.45, 2.75) is 79.6 Å². The van der Waals surface area contributed by atoms with E-state index in [1.54, 1.807) is 0 Å². The average Bonchev–Trinajstić information content (AvgIpc) is 2.97. The van der Waals surface area contributed by atoms with Crippen LogP contribution in [0.5, 0.6) is 0 Å². The van der Waals surface area contributed by atoms with Gasteiger partial charge in [0, 0.05) is 17.3 Å². The second kappa shape index (κ2) is 7.92. The van der Waals surface area contributed by atoms with Crippen LogP contribution in [0.3, 0.4) is 0 Å². The van der Waals surface area contributed by atoms with Crippen LogP contribution in [-0.2, 0) is 0 Å². The minimum absolute atomic E-state index is 0.294. The summed E-state index contributed by atoms with van der Waals surface area (Å²) in [7, 11) is -0.459. The maximum Gasteiger partial charge on any atom is 0.163 e. The molecule has 1 aromatic heterocycles. The van der Waals surface area contributed by atoms with Gasteiger partial charge in [0.1, 0.15) is 0 Å². The van der Waals surface area contributed by atoms with Crippen molar-refractivity contribution in [2.24, 2.45) is 0 Å². The minimum atomic E-state index is -0.459. The van der Waals surface area contributed by atoms with Crippen LogP contribution in [0.2, 0.25) is 0 Å². The normalized spacial score (nSPS) is 12.5. The number of hydrogen-bond acceptors (Lipinski definition) is 1. The van der Waals surface area contributed by atoms with Gasteiger partial charge in [0.25, 0.3) is 0 Å². The maximum absolute atomic E-state index is 13.0. The van der Waals surface area contributed by atoms with Gasteiger partial charge in [-0.25, -0.2) is 0 Å². The average molecular weight is 356 g/mol. The molecule has 2 heteroatoms. The first-order chi connectivity index (χ1) is 11.7. The van der Waals surface area contributed by atoms with E-state index < -0.39 is 7.53 Å². The molecule has 0 spiro atoms. The van der Waals surface area contributed by atoms with Gasteiger partial charge in [0.2, 0.25) is 0 Å². The predicted octanol–water partition coefficient (Wildman–Crippen LogP) is 7.93. The molecule has 0 aliphatic rings. The van der Waals surface area contributed by atoms with Crippen LogP contribution in [0.4, 0.5) is 0 Å². The van der Waals surface area contributed by atoms with Gasteiger partial charge in [-0.3, -0.25) is 4.79 Å². The molecule has 0 saturated carbocycles. The van der Waals surface area contributed by atoms with Gasteiger partial charge in [-0.15, -0.1) is 0 Å². The van der Waals surface area contributed by atoms with Crippen molar-refractivity contribution < 1.29 is 4.79 Å². The van der Waals surface area contributed by atoms with Crippen LogP contribution in [-0.4, -0.2) is 5.78 Å². The summed E-state index contributed by atoms with van der Waals surface area (Å²) < 4.78 is 0. The van der Waals surface area contributed by atoms with Crippen LogP contribution in [0, 0.1) is 6.92 Å². The summed E-state index contributed by atoms with van der Waals surface area (Å²) in [4.78, 5) is 13.0. The van der Waals surface area contributed by atoms with E-state index in [9.17, 15) is 4.79 Å². The van der Waals surface area contributed by atoms with Crippen molar-refractivity contribution in [1.82, 2.24) is 0 Å². The maximum atomic E-state index is 13.0. The molecule has 1 aromatic carbocycles. The molecule has 1 unspecified atom stereocenters. The molecular formula is C23H33OP. The van der Waals surface area contributed by atoms with E-state index in [0.29, 0.717) is 30.0 Å². The third-order valence-electron chi connectivity index (χ3n) is 4.92. The zero-order chi connectivity index (χ0) is 18.9. The van der Waals surface area contributed by atoms with Crippen molar-refractivity contribution in [2.75, 3.05) is 0 Å². The fourth-order valence-electron chi connectivity index (χ4n) is 3.61. The molecule has 0 amide bonds. The third-order valence-corrected chi connectivity index (χ3v) is 7.09. The largest absolute Gasteiger partial charge is 0.294 e. The third kappa shape index (κ3) is 3.93. The lowest BCUT2D eigenvalue weighted by molar-refractivity contribution is 0.0985. The second-order valence-electron chi connectivity index (χ2n) is 8.03. The minimum Gasteiger partial charge on any atom is -0.294 e. The van der Waals surface area contributed by atoms with E-state index in [1.807, 2.05) is 6.92 Å². The fraction of sp³-hybridized carbons (Fsp3) is 0.522. The Labute approximate surface area is 154 Å². The lowest BCUT2D eigenvalue weighted by atomic mass is 9.82. The first-order valence-corrected chi connectivity index (χ1v) is 11.1. The number of carbonyl (C=O) groups is 1. The van der Waals surface area contributed by atoms with Crippen LogP contribution < -0.4 is 0 Å². The Morgan fingerprint density at radius 3 is 2.00 bits per heavy atom. The molecule has 1 atom stereocenters. The van der Waals surface area contributed by atoms with E-state index in [-0.39, 0.29) is 0 Å². The molecule has 0 N–H and O–H groups in total. The highest BCUT2D eigenvalue weighted by atomic mass is 31.1. The van der Waals surface area contributed by atoms with E-state index >= 15 is 0 Å². The topological polar surface area (TPSA) is 17.1 Å². The SMILES string of the molecule is CCC(=O)c1c(C(C)C)cc(C(C)C)c(-p2ccc(C)c2)c1C(C)C. The van der Waals surface area contributed by atoms with Gasteiger partial charge < -0.3 is 0 Å². The number of hydrogen-bond donors (Lipinski definition) is 0. The number of benzene rings is 1. The Kier molecular flexibility index (Phi) is 6.33. The second-order valence-corrected chi connectivity index (χ2v) is 9.85. The fourth-order valence-corrected chi connectivity index (χ4v) is 6.17. The highest BCUT2D eigenvalue weighted by Gasteiger charge is 2.26. The molecule has 25 heavy (non-hydrogen) atoms. The molecule has 1 nitrogen and oxygen atoms in total. The molecule has 0 aliphatic heterocycles. The molecule has 1 heterocycles. The molecule has 0 fully saturated rings. The monoisotopic (exact) mass is 356 g/mol. The molecule has 0 bridgehead atoms. The van der Waals surface area contributed by atoms with Gasteiger partial charge in [0.05, 0.1) is 0 Å².